The lowest BCUT2D eigenvalue weighted by molar-refractivity contribution is -0.171. The Morgan fingerprint density at radius 3 is 2.82 bits per heavy atom. The first-order chi connectivity index (χ1) is 10.7. The summed E-state index contributed by atoms with van der Waals surface area (Å²) in [7, 11) is 0. The van der Waals surface area contributed by atoms with Crippen LogP contribution >= 0.6 is 0 Å². The number of hydrogen-bond acceptors (Lipinski definition) is 4. The van der Waals surface area contributed by atoms with E-state index < -0.39 is 6.29 Å². The van der Waals surface area contributed by atoms with E-state index in [1.54, 1.807) is 0 Å². The third-order valence-corrected chi connectivity index (χ3v) is 4.62. The molecule has 1 fully saturated rings. The van der Waals surface area contributed by atoms with Crippen LogP contribution < -0.4 is 5.32 Å². The van der Waals surface area contributed by atoms with Gasteiger partial charge in [-0.3, -0.25) is 4.79 Å². The van der Waals surface area contributed by atoms with E-state index in [1.165, 1.54) is 12.8 Å². The third kappa shape index (κ3) is 4.46. The van der Waals surface area contributed by atoms with Crippen molar-refractivity contribution in [2.45, 2.75) is 64.7 Å². The van der Waals surface area contributed by atoms with Gasteiger partial charge in [0.25, 0.3) is 5.91 Å². The molecule has 0 radical (unpaired) electrons. The van der Waals surface area contributed by atoms with Gasteiger partial charge in [0.15, 0.2) is 5.76 Å². The van der Waals surface area contributed by atoms with Gasteiger partial charge < -0.3 is 19.9 Å². The Bertz CT molecular complexity index is 390. The highest BCUT2D eigenvalue weighted by Crippen LogP contribution is 2.32. The summed E-state index contributed by atoms with van der Waals surface area (Å²) in [5.41, 5.74) is 0. The van der Waals surface area contributed by atoms with Crippen molar-refractivity contribution in [3.63, 3.8) is 0 Å². The molecule has 0 saturated heterocycles. The van der Waals surface area contributed by atoms with E-state index >= 15 is 0 Å². The first-order valence-corrected chi connectivity index (χ1v) is 8.57. The molecule has 2 aliphatic rings. The van der Waals surface area contributed by atoms with Gasteiger partial charge in [-0.1, -0.05) is 19.8 Å². The number of carbonyl (C=O) groups is 1. The van der Waals surface area contributed by atoms with Crippen LogP contribution in [0.5, 0.6) is 0 Å². The quantitative estimate of drug-likeness (QED) is 0.757. The SMILES string of the molecule is CCO[C@@H]1OC(C(=O)NC2CCCC2)=C[C@H](C)[C@@H]1CCCO. The van der Waals surface area contributed by atoms with Crippen LogP contribution in [0.15, 0.2) is 11.8 Å². The molecule has 1 saturated carbocycles. The first kappa shape index (κ1) is 17.3. The lowest BCUT2D eigenvalue weighted by atomic mass is 9.86. The fourth-order valence-corrected chi connectivity index (χ4v) is 3.37. The minimum Gasteiger partial charge on any atom is -0.459 e. The van der Waals surface area contributed by atoms with E-state index in [0.717, 1.165) is 25.7 Å². The zero-order valence-corrected chi connectivity index (χ0v) is 13.7. The second kappa shape index (κ2) is 8.53. The smallest absolute Gasteiger partial charge is 0.286 e. The number of ether oxygens (including phenoxy) is 2. The summed E-state index contributed by atoms with van der Waals surface area (Å²) in [6, 6.07) is 0.282. The fraction of sp³-hybridized carbons (Fsp3) is 0.824. The van der Waals surface area contributed by atoms with Gasteiger partial charge in [0.1, 0.15) is 0 Å². The normalized spacial score (nSPS) is 29.0. The standard InChI is InChI=1S/C17H29NO4/c1-3-21-17-14(9-6-10-19)12(2)11-15(22-17)16(20)18-13-7-4-5-8-13/h11-14,17,19H,3-10H2,1-2H3,(H,18,20)/t12-,14-,17+/m0/s1. The highest BCUT2D eigenvalue weighted by molar-refractivity contribution is 5.91. The zero-order chi connectivity index (χ0) is 15.9. The van der Waals surface area contributed by atoms with E-state index in [2.05, 4.69) is 12.2 Å². The largest absolute Gasteiger partial charge is 0.459 e. The Balaban J connectivity index is 2.00. The minimum absolute atomic E-state index is 0.121. The molecule has 1 heterocycles. The van der Waals surface area contributed by atoms with Gasteiger partial charge in [-0.25, -0.2) is 0 Å². The average Bonchev–Trinajstić information content (AvgIpc) is 2.99. The van der Waals surface area contributed by atoms with E-state index in [1.807, 2.05) is 13.0 Å². The van der Waals surface area contributed by atoms with E-state index in [9.17, 15) is 4.79 Å². The number of allylic oxidation sites excluding steroid dienone is 1. The first-order valence-electron chi connectivity index (χ1n) is 8.57. The van der Waals surface area contributed by atoms with Crippen LogP contribution in [0.25, 0.3) is 0 Å². The van der Waals surface area contributed by atoms with Gasteiger partial charge in [0.05, 0.1) is 0 Å². The number of aliphatic hydroxyl groups is 1. The molecular weight excluding hydrogens is 282 g/mol. The number of aliphatic hydroxyl groups excluding tert-OH is 1. The zero-order valence-electron chi connectivity index (χ0n) is 13.7. The topological polar surface area (TPSA) is 67.8 Å². The number of hydrogen-bond donors (Lipinski definition) is 2. The van der Waals surface area contributed by atoms with E-state index in [-0.39, 0.29) is 30.4 Å². The maximum Gasteiger partial charge on any atom is 0.286 e. The Morgan fingerprint density at radius 1 is 1.45 bits per heavy atom. The van der Waals surface area contributed by atoms with Crippen molar-refractivity contribution in [3.8, 4) is 0 Å². The minimum atomic E-state index is -0.402. The van der Waals surface area contributed by atoms with Crippen molar-refractivity contribution in [1.29, 1.82) is 0 Å². The van der Waals surface area contributed by atoms with Crippen molar-refractivity contribution in [2.24, 2.45) is 11.8 Å². The van der Waals surface area contributed by atoms with Gasteiger partial charge >= 0.3 is 0 Å². The Hall–Kier alpha value is -1.07. The molecule has 0 unspecified atom stereocenters. The summed E-state index contributed by atoms with van der Waals surface area (Å²) in [6.07, 6.45) is 7.54. The maximum atomic E-state index is 12.4. The summed E-state index contributed by atoms with van der Waals surface area (Å²) in [5, 5.41) is 12.1. The molecule has 22 heavy (non-hydrogen) atoms. The summed E-state index contributed by atoms with van der Waals surface area (Å²) in [5.74, 6) is 0.637. The van der Waals surface area contributed by atoms with Crippen molar-refractivity contribution < 1.29 is 19.4 Å². The fourth-order valence-electron chi connectivity index (χ4n) is 3.37. The highest BCUT2D eigenvalue weighted by atomic mass is 16.7. The van der Waals surface area contributed by atoms with Crippen LogP contribution in [-0.4, -0.2) is 36.6 Å². The van der Waals surface area contributed by atoms with Crippen LogP contribution in [0.3, 0.4) is 0 Å². The van der Waals surface area contributed by atoms with Crippen LogP contribution in [0, 0.1) is 11.8 Å². The molecule has 0 aromatic heterocycles. The van der Waals surface area contributed by atoms with Gasteiger partial charge in [-0.05, 0) is 44.6 Å². The Labute approximate surface area is 133 Å². The van der Waals surface area contributed by atoms with Crippen LogP contribution in [-0.2, 0) is 14.3 Å². The predicted octanol–water partition coefficient (Wildman–Crippen LogP) is 2.35. The van der Waals surface area contributed by atoms with Crippen LogP contribution in [0.4, 0.5) is 0 Å². The number of amides is 1. The second-order valence-electron chi connectivity index (χ2n) is 6.32. The van der Waals surface area contributed by atoms with Crippen LogP contribution in [0.2, 0.25) is 0 Å². The van der Waals surface area contributed by atoms with Crippen LogP contribution in [0.1, 0.15) is 52.4 Å². The van der Waals surface area contributed by atoms with Gasteiger partial charge in [-0.15, -0.1) is 0 Å². The lowest BCUT2D eigenvalue weighted by Gasteiger charge is -2.35. The summed E-state index contributed by atoms with van der Waals surface area (Å²) in [4.78, 5) is 12.4. The molecule has 0 aromatic rings. The molecule has 2 rings (SSSR count). The monoisotopic (exact) mass is 311 g/mol. The summed E-state index contributed by atoms with van der Waals surface area (Å²) in [6.45, 7) is 4.72. The number of nitrogens with one attached hydrogen (secondary N) is 1. The van der Waals surface area contributed by atoms with Crippen molar-refractivity contribution in [1.82, 2.24) is 5.32 Å². The molecular formula is C17H29NO4. The maximum absolute atomic E-state index is 12.4. The molecule has 3 atom stereocenters. The molecule has 0 aromatic carbocycles. The predicted molar refractivity (Wildman–Crippen MR) is 84.0 cm³/mol. The summed E-state index contributed by atoms with van der Waals surface area (Å²) >= 11 is 0. The molecule has 1 amide bonds. The molecule has 1 aliphatic carbocycles. The Morgan fingerprint density at radius 2 is 2.18 bits per heavy atom. The second-order valence-corrected chi connectivity index (χ2v) is 6.32. The third-order valence-electron chi connectivity index (χ3n) is 4.62. The van der Waals surface area contributed by atoms with E-state index in [0.29, 0.717) is 12.4 Å². The molecule has 0 bridgehead atoms. The summed E-state index contributed by atoms with van der Waals surface area (Å²) < 4.78 is 11.5. The lowest BCUT2D eigenvalue weighted by Crippen LogP contribution is -2.41. The highest BCUT2D eigenvalue weighted by Gasteiger charge is 2.35. The Kier molecular flexibility index (Phi) is 6.70. The molecule has 2 N–H and O–H groups in total. The van der Waals surface area contributed by atoms with Crippen molar-refractivity contribution in [2.75, 3.05) is 13.2 Å². The van der Waals surface area contributed by atoms with E-state index in [4.69, 9.17) is 14.6 Å². The average molecular weight is 311 g/mol. The molecule has 5 nitrogen and oxygen atoms in total. The molecule has 126 valence electrons. The van der Waals surface area contributed by atoms with Crippen molar-refractivity contribution in [3.05, 3.63) is 11.8 Å². The van der Waals surface area contributed by atoms with Crippen molar-refractivity contribution >= 4 is 5.91 Å². The van der Waals surface area contributed by atoms with Gasteiger partial charge in [-0.2, -0.15) is 0 Å². The molecule has 1 aliphatic heterocycles. The number of carbonyl (C=O) groups excluding carboxylic acids is 1. The number of rotatable bonds is 7. The molecule has 5 heteroatoms. The van der Waals surface area contributed by atoms with Gasteiger partial charge in [0, 0.05) is 25.2 Å². The van der Waals surface area contributed by atoms with Gasteiger partial charge in [0.2, 0.25) is 6.29 Å². The molecule has 0 spiro atoms.